The number of primary amides is 1. The maximum Gasteiger partial charge on any atom is 0.249 e. The van der Waals surface area contributed by atoms with E-state index in [9.17, 15) is 15.0 Å². The largest absolute Gasteiger partial charge is 0.398 e. The monoisotopic (exact) mass is 224 g/mol. The number of hydrogen-bond donors (Lipinski definition) is 4. The summed E-state index contributed by atoms with van der Waals surface area (Å²) in [4.78, 5) is 10.8. The molecule has 0 aliphatic carbocycles. The van der Waals surface area contributed by atoms with Gasteiger partial charge < -0.3 is 21.7 Å². The standard InChI is InChI=1S/C11H16N2O3/c1-2-6-3-4-8(12)7(5-6)9(14)10(15)11(13)16/h3-5,9-10,14-15H,2,12H2,1H3,(H2,13,16). The van der Waals surface area contributed by atoms with Crippen LogP contribution in [0.15, 0.2) is 18.2 Å². The van der Waals surface area contributed by atoms with E-state index in [-0.39, 0.29) is 0 Å². The quantitative estimate of drug-likeness (QED) is 0.527. The van der Waals surface area contributed by atoms with Crippen molar-refractivity contribution in [1.82, 2.24) is 0 Å². The number of anilines is 1. The minimum Gasteiger partial charge on any atom is -0.398 e. The highest BCUT2D eigenvalue weighted by molar-refractivity contribution is 5.79. The average Bonchev–Trinajstić information content (AvgIpc) is 2.27. The van der Waals surface area contributed by atoms with E-state index in [0.29, 0.717) is 11.3 Å². The van der Waals surface area contributed by atoms with Crippen LogP contribution in [0.3, 0.4) is 0 Å². The molecule has 88 valence electrons. The summed E-state index contributed by atoms with van der Waals surface area (Å²) in [6.45, 7) is 1.95. The van der Waals surface area contributed by atoms with E-state index < -0.39 is 18.1 Å². The lowest BCUT2D eigenvalue weighted by Gasteiger charge is -2.17. The van der Waals surface area contributed by atoms with Gasteiger partial charge >= 0.3 is 0 Å². The molecule has 1 aromatic carbocycles. The minimum atomic E-state index is -1.64. The molecule has 0 radical (unpaired) electrons. The number of rotatable bonds is 4. The first-order valence-corrected chi connectivity index (χ1v) is 5.01. The van der Waals surface area contributed by atoms with E-state index in [4.69, 9.17) is 11.5 Å². The van der Waals surface area contributed by atoms with Crippen LogP contribution in [0.4, 0.5) is 5.69 Å². The molecule has 0 aromatic heterocycles. The molecule has 5 nitrogen and oxygen atoms in total. The molecule has 0 heterocycles. The van der Waals surface area contributed by atoms with Crippen molar-refractivity contribution in [2.45, 2.75) is 25.6 Å². The Hall–Kier alpha value is -1.59. The Labute approximate surface area is 93.7 Å². The summed E-state index contributed by atoms with van der Waals surface area (Å²) >= 11 is 0. The second-order valence-corrected chi connectivity index (χ2v) is 3.61. The van der Waals surface area contributed by atoms with Gasteiger partial charge in [-0.15, -0.1) is 0 Å². The molecular weight excluding hydrogens is 208 g/mol. The van der Waals surface area contributed by atoms with Crippen LogP contribution in [-0.2, 0) is 11.2 Å². The number of nitrogen functional groups attached to an aromatic ring is 1. The number of aliphatic hydroxyl groups excluding tert-OH is 2. The lowest BCUT2D eigenvalue weighted by molar-refractivity contribution is -0.131. The normalized spacial score (nSPS) is 14.4. The van der Waals surface area contributed by atoms with Gasteiger partial charge in [-0.05, 0) is 18.1 Å². The van der Waals surface area contributed by atoms with Crippen LogP contribution in [0, 0.1) is 0 Å². The highest BCUT2D eigenvalue weighted by Gasteiger charge is 2.25. The summed E-state index contributed by atoms with van der Waals surface area (Å²) in [5.41, 5.74) is 12.2. The van der Waals surface area contributed by atoms with Crippen LogP contribution in [0.25, 0.3) is 0 Å². The van der Waals surface area contributed by atoms with Gasteiger partial charge in [0.2, 0.25) is 5.91 Å². The number of aliphatic hydroxyl groups is 2. The van der Waals surface area contributed by atoms with Crippen molar-refractivity contribution in [3.63, 3.8) is 0 Å². The van der Waals surface area contributed by atoms with Gasteiger partial charge in [0.1, 0.15) is 6.10 Å². The summed E-state index contributed by atoms with van der Waals surface area (Å²) in [6, 6.07) is 5.11. The third-order valence-electron chi connectivity index (χ3n) is 2.47. The fraction of sp³-hybridized carbons (Fsp3) is 0.364. The van der Waals surface area contributed by atoms with E-state index in [2.05, 4.69) is 0 Å². The number of aryl methyl sites for hydroxylation is 1. The van der Waals surface area contributed by atoms with Gasteiger partial charge in [0.15, 0.2) is 6.10 Å². The first-order chi connectivity index (χ1) is 7.47. The van der Waals surface area contributed by atoms with Crippen molar-refractivity contribution in [2.75, 3.05) is 5.73 Å². The number of carbonyl (C=O) groups excluding carboxylic acids is 1. The lowest BCUT2D eigenvalue weighted by Crippen LogP contribution is -2.34. The van der Waals surface area contributed by atoms with E-state index in [1.165, 1.54) is 0 Å². The molecule has 0 saturated heterocycles. The summed E-state index contributed by atoms with van der Waals surface area (Å²) in [7, 11) is 0. The zero-order valence-electron chi connectivity index (χ0n) is 9.05. The van der Waals surface area contributed by atoms with Crippen molar-refractivity contribution in [3.8, 4) is 0 Å². The smallest absolute Gasteiger partial charge is 0.249 e. The average molecular weight is 224 g/mol. The SMILES string of the molecule is CCc1ccc(N)c(C(O)C(O)C(N)=O)c1. The zero-order chi connectivity index (χ0) is 12.3. The molecule has 6 N–H and O–H groups in total. The molecule has 0 spiro atoms. The predicted octanol–water partition coefficient (Wildman–Crippen LogP) is -0.289. The highest BCUT2D eigenvalue weighted by Crippen LogP contribution is 2.24. The van der Waals surface area contributed by atoms with Crippen LogP contribution in [0.2, 0.25) is 0 Å². The Bertz CT molecular complexity index is 393. The molecule has 2 atom stereocenters. The Morgan fingerprint density at radius 1 is 1.44 bits per heavy atom. The van der Waals surface area contributed by atoms with E-state index in [0.717, 1.165) is 12.0 Å². The van der Waals surface area contributed by atoms with Crippen LogP contribution < -0.4 is 11.5 Å². The molecule has 0 aliphatic rings. The van der Waals surface area contributed by atoms with Crippen LogP contribution in [0.1, 0.15) is 24.2 Å². The molecule has 1 aromatic rings. The molecule has 5 heteroatoms. The van der Waals surface area contributed by atoms with Crippen LogP contribution in [0.5, 0.6) is 0 Å². The Kier molecular flexibility index (Phi) is 3.87. The van der Waals surface area contributed by atoms with Gasteiger partial charge in [-0.2, -0.15) is 0 Å². The first-order valence-electron chi connectivity index (χ1n) is 5.01. The van der Waals surface area contributed by atoms with Gasteiger partial charge in [0.05, 0.1) is 0 Å². The Balaban J connectivity index is 3.06. The summed E-state index contributed by atoms with van der Waals surface area (Å²) in [5.74, 6) is -0.978. The second-order valence-electron chi connectivity index (χ2n) is 3.61. The minimum absolute atomic E-state index is 0.324. The Morgan fingerprint density at radius 3 is 2.56 bits per heavy atom. The summed E-state index contributed by atoms with van der Waals surface area (Å²) < 4.78 is 0. The lowest BCUT2D eigenvalue weighted by atomic mass is 9.99. The molecule has 0 bridgehead atoms. The Morgan fingerprint density at radius 2 is 2.06 bits per heavy atom. The molecule has 2 unspecified atom stereocenters. The van der Waals surface area contributed by atoms with Gasteiger partial charge in [-0.1, -0.05) is 19.1 Å². The molecular formula is C11H16N2O3. The topological polar surface area (TPSA) is 110 Å². The summed E-state index contributed by atoms with van der Waals surface area (Å²) in [6.07, 6.45) is -2.26. The fourth-order valence-corrected chi connectivity index (χ4v) is 1.43. The molecule has 0 fully saturated rings. The number of hydrogen-bond acceptors (Lipinski definition) is 4. The molecule has 1 amide bonds. The van der Waals surface area contributed by atoms with Crippen LogP contribution in [-0.4, -0.2) is 22.2 Å². The molecule has 16 heavy (non-hydrogen) atoms. The number of nitrogens with two attached hydrogens (primary N) is 2. The van der Waals surface area contributed by atoms with E-state index in [1.54, 1.807) is 12.1 Å². The summed E-state index contributed by atoms with van der Waals surface area (Å²) in [5, 5.41) is 19.1. The third kappa shape index (κ3) is 2.50. The third-order valence-corrected chi connectivity index (χ3v) is 2.47. The molecule has 0 aliphatic heterocycles. The van der Waals surface area contributed by atoms with Crippen molar-refractivity contribution in [3.05, 3.63) is 29.3 Å². The maximum absolute atomic E-state index is 10.8. The fourth-order valence-electron chi connectivity index (χ4n) is 1.43. The van der Waals surface area contributed by atoms with Gasteiger partial charge in [0, 0.05) is 11.3 Å². The second kappa shape index (κ2) is 4.96. The number of carbonyl (C=O) groups is 1. The van der Waals surface area contributed by atoms with E-state index in [1.807, 2.05) is 13.0 Å². The maximum atomic E-state index is 10.8. The molecule has 0 saturated carbocycles. The van der Waals surface area contributed by atoms with Crippen LogP contribution >= 0.6 is 0 Å². The van der Waals surface area contributed by atoms with Gasteiger partial charge in [0.25, 0.3) is 0 Å². The number of benzene rings is 1. The van der Waals surface area contributed by atoms with Gasteiger partial charge in [-0.3, -0.25) is 4.79 Å². The van der Waals surface area contributed by atoms with Crippen molar-refractivity contribution >= 4 is 11.6 Å². The van der Waals surface area contributed by atoms with Crippen molar-refractivity contribution < 1.29 is 15.0 Å². The zero-order valence-corrected chi connectivity index (χ0v) is 9.05. The van der Waals surface area contributed by atoms with Gasteiger partial charge in [-0.25, -0.2) is 0 Å². The van der Waals surface area contributed by atoms with E-state index >= 15 is 0 Å². The molecule has 1 rings (SSSR count). The van der Waals surface area contributed by atoms with Crippen molar-refractivity contribution in [1.29, 1.82) is 0 Å². The first kappa shape index (κ1) is 12.5. The number of amides is 1. The predicted molar refractivity (Wildman–Crippen MR) is 60.4 cm³/mol. The highest BCUT2D eigenvalue weighted by atomic mass is 16.3. The van der Waals surface area contributed by atoms with Crippen molar-refractivity contribution in [2.24, 2.45) is 5.73 Å².